The number of nitriles is 1. The van der Waals surface area contributed by atoms with Crippen LogP contribution in [0.4, 0.5) is 0 Å². The minimum atomic E-state index is -0.412. The van der Waals surface area contributed by atoms with Crippen molar-refractivity contribution in [2.75, 3.05) is 13.7 Å². The summed E-state index contributed by atoms with van der Waals surface area (Å²) in [6, 6.07) is 1.65. The van der Waals surface area contributed by atoms with Crippen LogP contribution in [0.15, 0.2) is 0 Å². The SMILES string of the molecule is COC(=O)C1NCCC1C#N. The van der Waals surface area contributed by atoms with Crippen molar-refractivity contribution >= 4 is 5.97 Å². The number of carbonyl (C=O) groups excluding carboxylic acids is 1. The summed E-state index contributed by atoms with van der Waals surface area (Å²) >= 11 is 0. The molecule has 60 valence electrons. The van der Waals surface area contributed by atoms with E-state index in [0.29, 0.717) is 0 Å². The molecule has 2 atom stereocenters. The number of esters is 1. The van der Waals surface area contributed by atoms with Crippen molar-refractivity contribution in [3.8, 4) is 6.07 Å². The number of hydrogen-bond acceptors (Lipinski definition) is 4. The van der Waals surface area contributed by atoms with Gasteiger partial charge in [-0.2, -0.15) is 5.26 Å². The van der Waals surface area contributed by atoms with Crippen molar-refractivity contribution in [1.82, 2.24) is 5.32 Å². The largest absolute Gasteiger partial charge is 0.468 e. The van der Waals surface area contributed by atoms with Gasteiger partial charge in [0, 0.05) is 0 Å². The summed E-state index contributed by atoms with van der Waals surface area (Å²) in [6.45, 7) is 0.720. The fraction of sp³-hybridized carbons (Fsp3) is 0.714. The van der Waals surface area contributed by atoms with Gasteiger partial charge in [-0.3, -0.25) is 4.79 Å². The summed E-state index contributed by atoms with van der Waals surface area (Å²) < 4.78 is 4.51. The molecule has 0 saturated carbocycles. The molecule has 1 aliphatic heterocycles. The van der Waals surface area contributed by atoms with Crippen LogP contribution in [0.5, 0.6) is 0 Å². The molecule has 4 heteroatoms. The van der Waals surface area contributed by atoms with Gasteiger partial charge >= 0.3 is 5.97 Å². The third-order valence-corrected chi connectivity index (χ3v) is 1.84. The summed E-state index contributed by atoms with van der Waals surface area (Å²) in [6.07, 6.45) is 0.732. The zero-order chi connectivity index (χ0) is 8.27. The molecule has 1 rings (SSSR count). The first-order valence-electron chi connectivity index (χ1n) is 3.50. The van der Waals surface area contributed by atoms with Gasteiger partial charge in [0.2, 0.25) is 0 Å². The van der Waals surface area contributed by atoms with Gasteiger partial charge in [0.25, 0.3) is 0 Å². The Balaban J connectivity index is 2.58. The van der Waals surface area contributed by atoms with E-state index in [1.807, 2.05) is 0 Å². The lowest BCUT2D eigenvalue weighted by Gasteiger charge is -2.09. The molecule has 2 unspecified atom stereocenters. The summed E-state index contributed by atoms with van der Waals surface area (Å²) in [7, 11) is 1.33. The fourth-order valence-corrected chi connectivity index (χ4v) is 1.22. The van der Waals surface area contributed by atoms with Crippen molar-refractivity contribution in [3.05, 3.63) is 0 Å². The zero-order valence-corrected chi connectivity index (χ0v) is 6.33. The monoisotopic (exact) mass is 154 g/mol. The molecular formula is C7H10N2O2. The van der Waals surface area contributed by atoms with Gasteiger partial charge in [-0.25, -0.2) is 0 Å². The van der Waals surface area contributed by atoms with Crippen LogP contribution in [-0.2, 0) is 9.53 Å². The lowest BCUT2D eigenvalue weighted by Crippen LogP contribution is -2.36. The van der Waals surface area contributed by atoms with Crippen LogP contribution in [0.25, 0.3) is 0 Å². The van der Waals surface area contributed by atoms with Gasteiger partial charge in [0.05, 0.1) is 19.1 Å². The lowest BCUT2D eigenvalue weighted by molar-refractivity contribution is -0.143. The molecule has 1 saturated heterocycles. The highest BCUT2D eigenvalue weighted by molar-refractivity contribution is 5.76. The third-order valence-electron chi connectivity index (χ3n) is 1.84. The number of nitrogens with one attached hydrogen (secondary N) is 1. The molecule has 0 radical (unpaired) electrons. The van der Waals surface area contributed by atoms with E-state index < -0.39 is 6.04 Å². The quantitative estimate of drug-likeness (QED) is 0.525. The van der Waals surface area contributed by atoms with E-state index in [-0.39, 0.29) is 11.9 Å². The van der Waals surface area contributed by atoms with E-state index in [0.717, 1.165) is 13.0 Å². The van der Waals surface area contributed by atoms with Crippen LogP contribution in [-0.4, -0.2) is 25.7 Å². The second-order valence-corrected chi connectivity index (χ2v) is 2.48. The standard InChI is InChI=1S/C7H10N2O2/c1-11-7(10)6-5(4-8)2-3-9-6/h5-6,9H,2-3H2,1H3. The first-order valence-corrected chi connectivity index (χ1v) is 3.50. The summed E-state index contributed by atoms with van der Waals surface area (Å²) in [5.74, 6) is -0.559. The van der Waals surface area contributed by atoms with Gasteiger partial charge in [-0.1, -0.05) is 0 Å². The maximum Gasteiger partial charge on any atom is 0.324 e. The van der Waals surface area contributed by atoms with Crippen LogP contribution in [0.2, 0.25) is 0 Å². The zero-order valence-electron chi connectivity index (χ0n) is 6.33. The number of carbonyl (C=O) groups is 1. The molecule has 0 aromatic carbocycles. The van der Waals surface area contributed by atoms with Gasteiger partial charge in [0.1, 0.15) is 6.04 Å². The minimum absolute atomic E-state index is 0.220. The molecule has 1 aliphatic rings. The van der Waals surface area contributed by atoms with Crippen LogP contribution >= 0.6 is 0 Å². The molecule has 0 aromatic heterocycles. The predicted molar refractivity (Wildman–Crippen MR) is 37.5 cm³/mol. The summed E-state index contributed by atoms with van der Waals surface area (Å²) in [5, 5.41) is 11.5. The van der Waals surface area contributed by atoms with E-state index in [9.17, 15) is 4.79 Å². The smallest absolute Gasteiger partial charge is 0.324 e. The van der Waals surface area contributed by atoms with Crippen molar-refractivity contribution in [1.29, 1.82) is 5.26 Å². The van der Waals surface area contributed by atoms with Crippen molar-refractivity contribution in [2.24, 2.45) is 5.92 Å². The maximum absolute atomic E-state index is 10.9. The number of rotatable bonds is 1. The highest BCUT2D eigenvalue weighted by Gasteiger charge is 2.33. The van der Waals surface area contributed by atoms with Crippen molar-refractivity contribution in [2.45, 2.75) is 12.5 Å². The molecule has 4 nitrogen and oxygen atoms in total. The molecule has 1 N–H and O–H groups in total. The Kier molecular flexibility index (Phi) is 2.44. The number of methoxy groups -OCH3 is 1. The molecule has 1 fully saturated rings. The fourth-order valence-electron chi connectivity index (χ4n) is 1.22. The normalized spacial score (nSPS) is 29.5. The minimum Gasteiger partial charge on any atom is -0.468 e. The van der Waals surface area contributed by atoms with Crippen LogP contribution in [0, 0.1) is 17.2 Å². The third kappa shape index (κ3) is 1.49. The number of ether oxygens (including phenoxy) is 1. The van der Waals surface area contributed by atoms with Crippen LogP contribution in [0.3, 0.4) is 0 Å². The van der Waals surface area contributed by atoms with Crippen LogP contribution < -0.4 is 5.32 Å². The molecule has 0 aromatic rings. The van der Waals surface area contributed by atoms with E-state index >= 15 is 0 Å². The molecule has 0 aliphatic carbocycles. The molecule has 11 heavy (non-hydrogen) atoms. The van der Waals surface area contributed by atoms with Gasteiger partial charge < -0.3 is 10.1 Å². The van der Waals surface area contributed by atoms with Gasteiger partial charge in [0.15, 0.2) is 0 Å². The predicted octanol–water partition coefficient (Wildman–Crippen LogP) is -0.339. The summed E-state index contributed by atoms with van der Waals surface area (Å²) in [4.78, 5) is 10.9. The summed E-state index contributed by atoms with van der Waals surface area (Å²) in [5.41, 5.74) is 0. The Bertz CT molecular complexity index is 197. The Morgan fingerprint density at radius 2 is 2.55 bits per heavy atom. The Hall–Kier alpha value is -1.08. The Morgan fingerprint density at radius 1 is 1.82 bits per heavy atom. The van der Waals surface area contributed by atoms with Crippen molar-refractivity contribution in [3.63, 3.8) is 0 Å². The first kappa shape index (κ1) is 8.02. The number of hydrogen-bond donors (Lipinski definition) is 1. The molecule has 0 amide bonds. The van der Waals surface area contributed by atoms with Crippen LogP contribution in [0.1, 0.15) is 6.42 Å². The Labute approximate surface area is 65.1 Å². The molecule has 0 bridgehead atoms. The average molecular weight is 154 g/mol. The first-order chi connectivity index (χ1) is 5.29. The Morgan fingerprint density at radius 3 is 3.09 bits per heavy atom. The second-order valence-electron chi connectivity index (χ2n) is 2.48. The lowest BCUT2D eigenvalue weighted by atomic mass is 10.0. The van der Waals surface area contributed by atoms with E-state index in [1.54, 1.807) is 0 Å². The highest BCUT2D eigenvalue weighted by Crippen LogP contribution is 2.14. The molecule has 0 spiro atoms. The van der Waals surface area contributed by atoms with Crippen molar-refractivity contribution < 1.29 is 9.53 Å². The van der Waals surface area contributed by atoms with E-state index in [4.69, 9.17) is 5.26 Å². The maximum atomic E-state index is 10.9. The van der Waals surface area contributed by atoms with Gasteiger partial charge in [-0.05, 0) is 13.0 Å². The second kappa shape index (κ2) is 3.35. The van der Waals surface area contributed by atoms with E-state index in [2.05, 4.69) is 16.1 Å². The topological polar surface area (TPSA) is 62.1 Å². The average Bonchev–Trinajstić information content (AvgIpc) is 2.50. The van der Waals surface area contributed by atoms with Gasteiger partial charge in [-0.15, -0.1) is 0 Å². The number of nitrogens with zero attached hydrogens (tertiary/aromatic N) is 1. The highest BCUT2D eigenvalue weighted by atomic mass is 16.5. The molecule has 1 heterocycles. The molecular weight excluding hydrogens is 144 g/mol. The van der Waals surface area contributed by atoms with E-state index in [1.165, 1.54) is 7.11 Å².